The van der Waals surface area contributed by atoms with Crippen molar-refractivity contribution in [2.45, 2.75) is 26.3 Å². The van der Waals surface area contributed by atoms with Crippen molar-refractivity contribution in [1.82, 2.24) is 19.7 Å². The predicted octanol–water partition coefficient (Wildman–Crippen LogP) is 1.25. The molecule has 2 heterocycles. The van der Waals surface area contributed by atoms with E-state index < -0.39 is 0 Å². The molecule has 0 atom stereocenters. The van der Waals surface area contributed by atoms with Crippen molar-refractivity contribution >= 4 is 6.29 Å². The highest BCUT2D eigenvalue weighted by Crippen LogP contribution is 2.11. The number of hydrogen-bond donors (Lipinski definition) is 0. The zero-order valence-corrected chi connectivity index (χ0v) is 9.12. The monoisotopic (exact) mass is 220 g/mol. The summed E-state index contributed by atoms with van der Waals surface area (Å²) in [5.74, 6) is 1.42. The van der Waals surface area contributed by atoms with E-state index in [1.165, 1.54) is 0 Å². The smallest absolute Gasteiger partial charge is 0.229 e. The number of aldehydes is 1. The summed E-state index contributed by atoms with van der Waals surface area (Å²) in [4.78, 5) is 18.5. The molecule has 0 aliphatic carbocycles. The molecule has 0 bridgehead atoms. The van der Waals surface area contributed by atoms with Crippen LogP contribution in [0.1, 0.15) is 42.0 Å². The highest BCUT2D eigenvalue weighted by atomic mass is 16.5. The first-order valence-corrected chi connectivity index (χ1v) is 4.98. The maximum Gasteiger partial charge on any atom is 0.229 e. The SMILES string of the molecule is CC(C)c1nc(Cn2cnc(C=O)c2)no1. The summed E-state index contributed by atoms with van der Waals surface area (Å²) < 4.78 is 6.80. The van der Waals surface area contributed by atoms with Gasteiger partial charge in [-0.05, 0) is 0 Å². The van der Waals surface area contributed by atoms with E-state index in [0.29, 0.717) is 30.2 Å². The van der Waals surface area contributed by atoms with E-state index in [1.54, 1.807) is 17.1 Å². The van der Waals surface area contributed by atoms with E-state index in [-0.39, 0.29) is 5.92 Å². The van der Waals surface area contributed by atoms with Crippen LogP contribution >= 0.6 is 0 Å². The van der Waals surface area contributed by atoms with Crippen LogP contribution in [0.3, 0.4) is 0 Å². The number of imidazole rings is 1. The number of hydrogen-bond acceptors (Lipinski definition) is 5. The van der Waals surface area contributed by atoms with Crippen LogP contribution in [0.4, 0.5) is 0 Å². The average molecular weight is 220 g/mol. The van der Waals surface area contributed by atoms with Crippen LogP contribution in [0.25, 0.3) is 0 Å². The van der Waals surface area contributed by atoms with Crippen LogP contribution in [0.5, 0.6) is 0 Å². The first-order valence-electron chi connectivity index (χ1n) is 4.98. The molecule has 0 aromatic carbocycles. The molecule has 2 rings (SSSR count). The maximum atomic E-state index is 10.4. The van der Waals surface area contributed by atoms with Gasteiger partial charge in [-0.1, -0.05) is 19.0 Å². The Labute approximate surface area is 92.3 Å². The summed E-state index contributed by atoms with van der Waals surface area (Å²) >= 11 is 0. The summed E-state index contributed by atoms with van der Waals surface area (Å²) in [5.41, 5.74) is 0.396. The van der Waals surface area contributed by atoms with Crippen molar-refractivity contribution in [2.24, 2.45) is 0 Å². The fraction of sp³-hybridized carbons (Fsp3) is 0.400. The summed E-state index contributed by atoms with van der Waals surface area (Å²) in [6.07, 6.45) is 3.90. The summed E-state index contributed by atoms with van der Waals surface area (Å²) in [6.45, 7) is 4.43. The van der Waals surface area contributed by atoms with Crippen LogP contribution < -0.4 is 0 Å². The lowest BCUT2D eigenvalue weighted by molar-refractivity contribution is 0.111. The van der Waals surface area contributed by atoms with Crippen molar-refractivity contribution in [1.29, 1.82) is 0 Å². The highest BCUT2D eigenvalue weighted by molar-refractivity contribution is 5.70. The van der Waals surface area contributed by atoms with Crippen LogP contribution in [0, 0.1) is 0 Å². The van der Waals surface area contributed by atoms with Crippen molar-refractivity contribution < 1.29 is 9.32 Å². The lowest BCUT2D eigenvalue weighted by atomic mass is 10.2. The Bertz CT molecular complexity index is 486. The van der Waals surface area contributed by atoms with E-state index in [1.807, 2.05) is 13.8 Å². The minimum Gasteiger partial charge on any atom is -0.339 e. The van der Waals surface area contributed by atoms with Gasteiger partial charge in [0.05, 0.1) is 12.9 Å². The summed E-state index contributed by atoms with van der Waals surface area (Å²) in [5, 5.41) is 3.84. The van der Waals surface area contributed by atoms with Crippen molar-refractivity contribution in [3.05, 3.63) is 29.9 Å². The van der Waals surface area contributed by atoms with Crippen molar-refractivity contribution in [2.75, 3.05) is 0 Å². The highest BCUT2D eigenvalue weighted by Gasteiger charge is 2.10. The van der Waals surface area contributed by atoms with Gasteiger partial charge in [0.2, 0.25) is 5.89 Å². The summed E-state index contributed by atoms with van der Waals surface area (Å²) in [7, 11) is 0. The van der Waals surface area contributed by atoms with Gasteiger partial charge >= 0.3 is 0 Å². The number of carbonyl (C=O) groups is 1. The van der Waals surface area contributed by atoms with Crippen molar-refractivity contribution in [3.8, 4) is 0 Å². The second-order valence-electron chi connectivity index (χ2n) is 3.79. The fourth-order valence-corrected chi connectivity index (χ4v) is 1.25. The third-order valence-corrected chi connectivity index (χ3v) is 2.08. The van der Waals surface area contributed by atoms with Crippen LogP contribution in [-0.2, 0) is 6.54 Å². The molecular formula is C10H12N4O2. The number of nitrogens with zero attached hydrogens (tertiary/aromatic N) is 4. The first kappa shape index (κ1) is 10.5. The Morgan fingerprint density at radius 3 is 2.94 bits per heavy atom. The quantitative estimate of drug-likeness (QED) is 0.725. The van der Waals surface area contributed by atoms with E-state index in [0.717, 1.165) is 0 Å². The molecular weight excluding hydrogens is 208 g/mol. The number of rotatable bonds is 4. The molecule has 6 heteroatoms. The molecule has 2 aromatic rings. The zero-order valence-electron chi connectivity index (χ0n) is 9.12. The lowest BCUT2D eigenvalue weighted by Crippen LogP contribution is -1.99. The van der Waals surface area contributed by atoms with Gasteiger partial charge in [-0.2, -0.15) is 4.98 Å². The molecule has 0 saturated heterocycles. The Morgan fingerprint density at radius 2 is 2.38 bits per heavy atom. The second kappa shape index (κ2) is 4.26. The second-order valence-corrected chi connectivity index (χ2v) is 3.79. The maximum absolute atomic E-state index is 10.4. The molecule has 0 N–H and O–H groups in total. The number of carbonyl (C=O) groups excluding carboxylic acids is 1. The summed E-state index contributed by atoms with van der Waals surface area (Å²) in [6, 6.07) is 0. The van der Waals surface area contributed by atoms with Gasteiger partial charge in [-0.25, -0.2) is 4.98 Å². The third kappa shape index (κ3) is 2.16. The minimum absolute atomic E-state index is 0.217. The molecule has 0 fully saturated rings. The molecule has 0 aliphatic heterocycles. The molecule has 84 valence electrons. The standard InChI is InChI=1S/C10H12N4O2/c1-7(2)10-12-9(13-16-10)4-14-3-8(5-15)11-6-14/h3,5-7H,4H2,1-2H3. The van der Waals surface area contributed by atoms with E-state index in [9.17, 15) is 4.79 Å². The van der Waals surface area contributed by atoms with Crippen LogP contribution in [-0.4, -0.2) is 26.0 Å². The molecule has 0 aliphatic rings. The van der Waals surface area contributed by atoms with E-state index in [2.05, 4.69) is 15.1 Å². The van der Waals surface area contributed by atoms with Crippen LogP contribution in [0.15, 0.2) is 17.0 Å². The Kier molecular flexibility index (Phi) is 2.80. The molecule has 2 aromatic heterocycles. The normalized spacial score (nSPS) is 10.9. The Hall–Kier alpha value is -1.98. The molecule has 0 unspecified atom stereocenters. The van der Waals surface area contributed by atoms with Gasteiger partial charge in [0.15, 0.2) is 12.1 Å². The van der Waals surface area contributed by atoms with Gasteiger partial charge in [0.1, 0.15) is 5.69 Å². The number of aromatic nitrogens is 4. The molecule has 0 spiro atoms. The van der Waals surface area contributed by atoms with Gasteiger partial charge in [0.25, 0.3) is 0 Å². The van der Waals surface area contributed by atoms with Gasteiger partial charge in [0, 0.05) is 12.1 Å². The zero-order chi connectivity index (χ0) is 11.5. The largest absolute Gasteiger partial charge is 0.339 e. The van der Waals surface area contributed by atoms with Gasteiger partial charge < -0.3 is 9.09 Å². The van der Waals surface area contributed by atoms with E-state index in [4.69, 9.17) is 4.52 Å². The lowest BCUT2D eigenvalue weighted by Gasteiger charge is -1.94. The topological polar surface area (TPSA) is 73.8 Å². The Morgan fingerprint density at radius 1 is 1.56 bits per heavy atom. The van der Waals surface area contributed by atoms with Crippen molar-refractivity contribution in [3.63, 3.8) is 0 Å². The third-order valence-electron chi connectivity index (χ3n) is 2.08. The minimum atomic E-state index is 0.217. The molecule has 0 radical (unpaired) electrons. The first-order chi connectivity index (χ1) is 7.69. The predicted molar refractivity (Wildman–Crippen MR) is 55.1 cm³/mol. The van der Waals surface area contributed by atoms with E-state index >= 15 is 0 Å². The molecule has 0 amide bonds. The van der Waals surface area contributed by atoms with Crippen LogP contribution in [0.2, 0.25) is 0 Å². The fourth-order valence-electron chi connectivity index (χ4n) is 1.25. The Balaban J connectivity index is 2.11. The molecule has 0 saturated carbocycles. The molecule has 16 heavy (non-hydrogen) atoms. The van der Waals surface area contributed by atoms with Gasteiger partial charge in [-0.3, -0.25) is 4.79 Å². The molecule has 6 nitrogen and oxygen atoms in total. The average Bonchev–Trinajstić information content (AvgIpc) is 2.87. The van der Waals surface area contributed by atoms with Gasteiger partial charge in [-0.15, -0.1) is 0 Å².